The van der Waals surface area contributed by atoms with Crippen molar-refractivity contribution in [3.8, 4) is 0 Å². The molecule has 96 valence electrons. The van der Waals surface area contributed by atoms with Crippen molar-refractivity contribution >= 4 is 28.4 Å². The van der Waals surface area contributed by atoms with E-state index in [1.54, 1.807) is 0 Å². The average molecular weight is 269 g/mol. The molecule has 19 heavy (non-hydrogen) atoms. The van der Waals surface area contributed by atoms with Crippen molar-refractivity contribution in [1.29, 1.82) is 0 Å². The molecule has 1 heterocycles. The van der Waals surface area contributed by atoms with Gasteiger partial charge in [0.15, 0.2) is 0 Å². The Labute approximate surface area is 116 Å². The number of thioether (sulfide) groups is 1. The summed E-state index contributed by atoms with van der Waals surface area (Å²) in [6, 6.07) is 16.3. The van der Waals surface area contributed by atoms with Gasteiger partial charge in [-0.15, -0.1) is 11.8 Å². The number of nitrogens with two attached hydrogens (primary N) is 1. The van der Waals surface area contributed by atoms with Crippen molar-refractivity contribution < 1.29 is 0 Å². The number of fused-ring (bicyclic) bond motifs is 1. The lowest BCUT2D eigenvalue weighted by atomic mass is 10.2. The van der Waals surface area contributed by atoms with Gasteiger partial charge in [-0.05, 0) is 30.3 Å². The van der Waals surface area contributed by atoms with E-state index in [1.807, 2.05) is 46.9 Å². The molecule has 4 heteroatoms. The Morgan fingerprint density at radius 2 is 1.95 bits per heavy atom. The number of aromatic nitrogens is 2. The topological polar surface area (TPSA) is 43.8 Å². The van der Waals surface area contributed by atoms with Crippen LogP contribution >= 0.6 is 11.8 Å². The highest BCUT2D eigenvalue weighted by atomic mass is 32.2. The maximum atomic E-state index is 5.83. The fourth-order valence-corrected chi connectivity index (χ4v) is 2.88. The maximum Gasteiger partial charge on any atom is 0.0703 e. The third-order valence-corrected chi connectivity index (χ3v) is 3.98. The van der Waals surface area contributed by atoms with E-state index in [1.165, 1.54) is 4.90 Å². The molecule has 3 aromatic rings. The molecule has 1 aromatic heterocycles. The summed E-state index contributed by atoms with van der Waals surface area (Å²) in [5.41, 5.74) is 7.71. The van der Waals surface area contributed by atoms with E-state index in [2.05, 4.69) is 29.4 Å². The second-order valence-corrected chi connectivity index (χ2v) is 5.52. The first kappa shape index (κ1) is 12.1. The van der Waals surface area contributed by atoms with E-state index in [0.717, 1.165) is 28.9 Å². The number of hydrogen-bond donors (Lipinski definition) is 1. The van der Waals surface area contributed by atoms with Crippen LogP contribution in [0, 0.1) is 0 Å². The van der Waals surface area contributed by atoms with Gasteiger partial charge in [0.1, 0.15) is 0 Å². The van der Waals surface area contributed by atoms with Crippen LogP contribution in [0.1, 0.15) is 0 Å². The molecule has 2 N–H and O–H groups in total. The minimum Gasteiger partial charge on any atom is -0.399 e. The highest BCUT2D eigenvalue weighted by Gasteiger charge is 2.03. The number of nitrogens with zero attached hydrogens (tertiary/aromatic N) is 2. The van der Waals surface area contributed by atoms with Crippen LogP contribution in [0.4, 0.5) is 5.69 Å². The first-order valence-corrected chi connectivity index (χ1v) is 7.20. The monoisotopic (exact) mass is 269 g/mol. The lowest BCUT2D eigenvalue weighted by Crippen LogP contribution is -2.02. The largest absolute Gasteiger partial charge is 0.399 e. The SMILES string of the molecule is Nc1ccc2cnn(CCSc3ccccc3)c2c1. The van der Waals surface area contributed by atoms with E-state index in [-0.39, 0.29) is 0 Å². The van der Waals surface area contributed by atoms with Gasteiger partial charge < -0.3 is 5.73 Å². The van der Waals surface area contributed by atoms with Crippen molar-refractivity contribution in [3.63, 3.8) is 0 Å². The fraction of sp³-hybridized carbons (Fsp3) is 0.133. The van der Waals surface area contributed by atoms with Crippen LogP contribution in [0.25, 0.3) is 10.9 Å². The van der Waals surface area contributed by atoms with Gasteiger partial charge in [0.05, 0.1) is 18.3 Å². The van der Waals surface area contributed by atoms with Crippen LogP contribution in [0.2, 0.25) is 0 Å². The Kier molecular flexibility index (Phi) is 3.42. The highest BCUT2D eigenvalue weighted by molar-refractivity contribution is 7.99. The molecule has 0 bridgehead atoms. The summed E-state index contributed by atoms with van der Waals surface area (Å²) in [4.78, 5) is 1.29. The minimum atomic E-state index is 0.782. The normalized spacial score (nSPS) is 10.9. The van der Waals surface area contributed by atoms with Gasteiger partial charge in [-0.1, -0.05) is 18.2 Å². The first-order chi connectivity index (χ1) is 9.33. The summed E-state index contributed by atoms with van der Waals surface area (Å²) in [6.07, 6.45) is 1.89. The smallest absolute Gasteiger partial charge is 0.0703 e. The van der Waals surface area contributed by atoms with E-state index in [4.69, 9.17) is 5.73 Å². The van der Waals surface area contributed by atoms with Crippen LogP contribution < -0.4 is 5.73 Å². The molecule has 0 fully saturated rings. The summed E-state index contributed by atoms with van der Waals surface area (Å²) in [5, 5.41) is 5.55. The zero-order valence-corrected chi connectivity index (χ0v) is 11.3. The van der Waals surface area contributed by atoms with Gasteiger partial charge in [0.25, 0.3) is 0 Å². The Morgan fingerprint density at radius 3 is 2.79 bits per heavy atom. The van der Waals surface area contributed by atoms with E-state index < -0.39 is 0 Å². The van der Waals surface area contributed by atoms with Gasteiger partial charge in [0.2, 0.25) is 0 Å². The molecule has 3 nitrogen and oxygen atoms in total. The number of nitrogen functional groups attached to an aromatic ring is 1. The summed E-state index contributed by atoms with van der Waals surface area (Å²) < 4.78 is 2.02. The molecule has 0 spiro atoms. The van der Waals surface area contributed by atoms with Crippen molar-refractivity contribution in [3.05, 3.63) is 54.7 Å². The number of aryl methyl sites for hydroxylation is 1. The molecule has 0 saturated carbocycles. The second-order valence-electron chi connectivity index (χ2n) is 4.35. The molecule has 2 aromatic carbocycles. The van der Waals surface area contributed by atoms with Gasteiger partial charge in [-0.25, -0.2) is 0 Å². The van der Waals surface area contributed by atoms with Crippen molar-refractivity contribution in [2.24, 2.45) is 0 Å². The summed E-state index contributed by atoms with van der Waals surface area (Å²) in [6.45, 7) is 0.881. The number of benzene rings is 2. The lowest BCUT2D eigenvalue weighted by molar-refractivity contribution is 0.691. The molecule has 0 radical (unpaired) electrons. The minimum absolute atomic E-state index is 0.782. The molecule has 0 aliphatic carbocycles. The van der Waals surface area contributed by atoms with E-state index in [0.29, 0.717) is 0 Å². The zero-order valence-electron chi connectivity index (χ0n) is 10.5. The Hall–Kier alpha value is -1.94. The standard InChI is InChI=1S/C15H15N3S/c16-13-7-6-12-11-17-18(15(12)10-13)8-9-19-14-4-2-1-3-5-14/h1-7,10-11H,8-9,16H2. The van der Waals surface area contributed by atoms with E-state index >= 15 is 0 Å². The van der Waals surface area contributed by atoms with E-state index in [9.17, 15) is 0 Å². The van der Waals surface area contributed by atoms with Crippen molar-refractivity contribution in [2.75, 3.05) is 11.5 Å². The van der Waals surface area contributed by atoms with Crippen LogP contribution in [0.15, 0.2) is 59.6 Å². The summed E-state index contributed by atoms with van der Waals surface area (Å²) in [5.74, 6) is 0.996. The number of hydrogen-bond acceptors (Lipinski definition) is 3. The lowest BCUT2D eigenvalue weighted by Gasteiger charge is -2.04. The van der Waals surface area contributed by atoms with Crippen molar-refractivity contribution in [1.82, 2.24) is 9.78 Å². The van der Waals surface area contributed by atoms with Gasteiger partial charge in [-0.2, -0.15) is 5.10 Å². The van der Waals surface area contributed by atoms with Crippen LogP contribution in [-0.4, -0.2) is 15.5 Å². The number of rotatable bonds is 4. The quantitative estimate of drug-likeness (QED) is 0.583. The molecule has 0 saturated heterocycles. The van der Waals surface area contributed by atoms with Crippen LogP contribution in [-0.2, 0) is 6.54 Å². The molecule has 0 aliphatic rings. The molecular weight excluding hydrogens is 254 g/mol. The van der Waals surface area contributed by atoms with Gasteiger partial charge >= 0.3 is 0 Å². The maximum absolute atomic E-state index is 5.83. The van der Waals surface area contributed by atoms with Crippen molar-refractivity contribution in [2.45, 2.75) is 11.4 Å². The molecule has 0 unspecified atom stereocenters. The molecule has 3 rings (SSSR count). The Morgan fingerprint density at radius 1 is 1.11 bits per heavy atom. The predicted molar refractivity (Wildman–Crippen MR) is 81.3 cm³/mol. The molecular formula is C15H15N3S. The third-order valence-electron chi connectivity index (χ3n) is 2.98. The number of anilines is 1. The molecule has 0 atom stereocenters. The Bertz CT molecular complexity index is 676. The predicted octanol–water partition coefficient (Wildman–Crippen LogP) is 3.41. The van der Waals surface area contributed by atoms with Crippen LogP contribution in [0.5, 0.6) is 0 Å². The summed E-state index contributed by atoms with van der Waals surface area (Å²) in [7, 11) is 0. The Balaban J connectivity index is 1.70. The second kappa shape index (κ2) is 5.36. The first-order valence-electron chi connectivity index (χ1n) is 6.22. The fourth-order valence-electron chi connectivity index (χ4n) is 2.03. The zero-order chi connectivity index (χ0) is 13.1. The average Bonchev–Trinajstić information content (AvgIpc) is 2.83. The van der Waals surface area contributed by atoms with Gasteiger partial charge in [-0.3, -0.25) is 4.68 Å². The summed E-state index contributed by atoms with van der Waals surface area (Å²) >= 11 is 1.84. The van der Waals surface area contributed by atoms with Crippen LogP contribution in [0.3, 0.4) is 0 Å². The molecule has 0 amide bonds. The van der Waals surface area contributed by atoms with Gasteiger partial charge in [0, 0.05) is 21.7 Å². The highest BCUT2D eigenvalue weighted by Crippen LogP contribution is 2.20. The molecule has 0 aliphatic heterocycles. The third kappa shape index (κ3) is 2.74.